The van der Waals surface area contributed by atoms with Gasteiger partial charge in [0.05, 0.1) is 21.6 Å². The molecule has 0 aliphatic heterocycles. The molecule has 0 spiro atoms. The van der Waals surface area contributed by atoms with Crippen molar-refractivity contribution < 1.29 is 23.9 Å². The quantitative estimate of drug-likeness (QED) is 0.189. The Kier molecular flexibility index (Phi) is 5.69. The highest BCUT2D eigenvalue weighted by atomic mass is 16.7. The predicted molar refractivity (Wildman–Crippen MR) is 128 cm³/mol. The lowest BCUT2D eigenvalue weighted by Crippen LogP contribution is -2.20. The van der Waals surface area contributed by atoms with Gasteiger partial charge in [-0.15, -0.1) is 0 Å². The molecule has 1 aliphatic rings. The molecule has 0 saturated heterocycles. The van der Waals surface area contributed by atoms with Crippen LogP contribution < -0.4 is 0 Å². The molecule has 35 heavy (non-hydrogen) atoms. The molecule has 0 N–H and O–H groups in total. The zero-order chi connectivity index (χ0) is 24.5. The number of carbonyl (C=O) groups excluding carboxylic acids is 1. The molecule has 0 amide bonds. The van der Waals surface area contributed by atoms with Crippen LogP contribution in [0.1, 0.15) is 47.7 Å². The van der Waals surface area contributed by atoms with Gasteiger partial charge < -0.3 is 9.25 Å². The number of hydrogen-bond acceptors (Lipinski definition) is 8. The summed E-state index contributed by atoms with van der Waals surface area (Å²) in [5.41, 5.74) is 0.613. The molecule has 1 aromatic heterocycles. The fraction of sp³-hybridized carbons (Fsp3) is 0.200. The summed E-state index contributed by atoms with van der Waals surface area (Å²) in [7, 11) is 0. The number of rotatable bonds is 5. The summed E-state index contributed by atoms with van der Waals surface area (Å²) >= 11 is 0. The molecule has 0 unspecified atom stereocenters. The van der Waals surface area contributed by atoms with Crippen LogP contribution in [-0.2, 0) is 4.84 Å². The minimum absolute atomic E-state index is 0.00520. The summed E-state index contributed by atoms with van der Waals surface area (Å²) in [6.07, 6.45) is 2.61. The summed E-state index contributed by atoms with van der Waals surface area (Å²) in [4.78, 5) is 39.3. The van der Waals surface area contributed by atoms with Crippen LogP contribution in [0.25, 0.3) is 21.7 Å². The normalized spacial score (nSPS) is 17.0. The molecule has 1 fully saturated rings. The first-order chi connectivity index (χ1) is 16.9. The van der Waals surface area contributed by atoms with E-state index in [9.17, 15) is 25.0 Å². The maximum absolute atomic E-state index is 12.7. The van der Waals surface area contributed by atoms with E-state index >= 15 is 0 Å². The number of nitro benzene ring substituents is 2. The fourth-order valence-corrected chi connectivity index (χ4v) is 4.58. The summed E-state index contributed by atoms with van der Waals surface area (Å²) in [5, 5.41) is 29.5. The minimum Gasteiger partial charge on any atom is -0.449 e. The van der Waals surface area contributed by atoms with Gasteiger partial charge >= 0.3 is 5.97 Å². The lowest BCUT2D eigenvalue weighted by Gasteiger charge is -2.23. The van der Waals surface area contributed by atoms with E-state index in [1.54, 1.807) is 12.1 Å². The molecule has 4 aromatic rings. The first-order valence-electron chi connectivity index (χ1n) is 11.0. The molecule has 10 nitrogen and oxygen atoms in total. The lowest BCUT2D eigenvalue weighted by molar-refractivity contribution is -0.394. The van der Waals surface area contributed by atoms with Gasteiger partial charge in [0.25, 0.3) is 11.4 Å². The van der Waals surface area contributed by atoms with Crippen molar-refractivity contribution in [3.8, 4) is 0 Å². The zero-order valence-electron chi connectivity index (χ0n) is 18.4. The van der Waals surface area contributed by atoms with E-state index in [4.69, 9.17) is 9.25 Å². The number of nitro groups is 2. The van der Waals surface area contributed by atoms with E-state index in [0.717, 1.165) is 35.1 Å². The Hall–Kier alpha value is -4.60. The number of oxime groups is 1. The number of benzene rings is 3. The van der Waals surface area contributed by atoms with Crippen molar-refractivity contribution in [2.45, 2.75) is 31.6 Å². The maximum atomic E-state index is 12.7. The second kappa shape index (κ2) is 8.98. The molecule has 1 aliphatic carbocycles. The Bertz CT molecular complexity index is 1520. The number of nitrogens with zero attached hydrogens (tertiary/aromatic N) is 3. The Morgan fingerprint density at radius 3 is 2.60 bits per heavy atom. The largest absolute Gasteiger partial charge is 0.449 e. The van der Waals surface area contributed by atoms with E-state index in [1.807, 2.05) is 30.3 Å². The fourth-order valence-electron chi connectivity index (χ4n) is 4.58. The lowest BCUT2D eigenvalue weighted by atomic mass is 9.81. The van der Waals surface area contributed by atoms with E-state index in [-0.39, 0.29) is 17.1 Å². The number of non-ortho nitro benzene ring substituents is 1. The van der Waals surface area contributed by atoms with Gasteiger partial charge in [-0.25, -0.2) is 4.79 Å². The van der Waals surface area contributed by atoms with Crippen molar-refractivity contribution in [3.63, 3.8) is 0 Å². The topological polar surface area (TPSA) is 138 Å². The molecular formula is C25H19N3O7. The van der Waals surface area contributed by atoms with Crippen LogP contribution in [0.3, 0.4) is 0 Å². The van der Waals surface area contributed by atoms with Crippen molar-refractivity contribution in [2.24, 2.45) is 5.16 Å². The third-order valence-electron chi connectivity index (χ3n) is 6.25. The minimum atomic E-state index is -0.777. The maximum Gasteiger partial charge on any atom is 0.400 e. The van der Waals surface area contributed by atoms with Gasteiger partial charge in [0.1, 0.15) is 5.58 Å². The smallest absolute Gasteiger partial charge is 0.400 e. The third-order valence-corrected chi connectivity index (χ3v) is 6.25. The Labute approximate surface area is 198 Å². The van der Waals surface area contributed by atoms with Gasteiger partial charge in [-0.1, -0.05) is 41.9 Å². The van der Waals surface area contributed by atoms with Gasteiger partial charge in [0.2, 0.25) is 5.76 Å². The number of hydrogen-bond donors (Lipinski definition) is 0. The van der Waals surface area contributed by atoms with Gasteiger partial charge in [-0.05, 0) is 42.2 Å². The molecular weight excluding hydrogens is 454 g/mol. The van der Waals surface area contributed by atoms with Crippen molar-refractivity contribution >= 4 is 44.8 Å². The number of furan rings is 1. The van der Waals surface area contributed by atoms with Crippen molar-refractivity contribution in [3.05, 3.63) is 92.2 Å². The first kappa shape index (κ1) is 22.2. The summed E-state index contributed by atoms with van der Waals surface area (Å²) in [6, 6.07) is 16.6. The Morgan fingerprint density at radius 1 is 0.971 bits per heavy atom. The molecule has 176 valence electrons. The average Bonchev–Trinajstić information content (AvgIpc) is 3.32. The van der Waals surface area contributed by atoms with E-state index in [2.05, 4.69) is 5.16 Å². The van der Waals surface area contributed by atoms with Gasteiger partial charge in [0, 0.05) is 29.0 Å². The SMILES string of the molecule is O=C(O/N=C1/CCCC[C@@H]1c1ccc([N+](=O)[O-])cc1[N+](=O)[O-])c1cc2c(ccc3ccccc32)o1. The van der Waals surface area contributed by atoms with Crippen molar-refractivity contribution in [2.75, 3.05) is 0 Å². The van der Waals surface area contributed by atoms with Crippen LogP contribution in [0.5, 0.6) is 0 Å². The van der Waals surface area contributed by atoms with Gasteiger partial charge in [0.15, 0.2) is 0 Å². The molecule has 1 atom stereocenters. The molecule has 3 aromatic carbocycles. The molecule has 0 bridgehead atoms. The Balaban J connectivity index is 1.44. The molecule has 10 heteroatoms. The first-order valence-corrected chi connectivity index (χ1v) is 11.0. The van der Waals surface area contributed by atoms with Crippen LogP contribution in [0.4, 0.5) is 11.4 Å². The van der Waals surface area contributed by atoms with Crippen molar-refractivity contribution in [1.82, 2.24) is 0 Å². The highest BCUT2D eigenvalue weighted by molar-refractivity contribution is 6.08. The predicted octanol–water partition coefficient (Wildman–Crippen LogP) is 6.27. The number of fused-ring (bicyclic) bond motifs is 3. The average molecular weight is 473 g/mol. The summed E-state index contributed by atoms with van der Waals surface area (Å²) in [5.74, 6) is -1.27. The standard InChI is InChI=1S/C25H19N3O7/c29-25(24-14-20-17-6-2-1-5-15(17)9-12-23(20)34-24)35-26-21-8-4-3-7-18(21)19-11-10-16(27(30)31)13-22(19)28(32)33/h1-2,5-6,9-14,18H,3-4,7-8H2/b26-21-/t18-/m1/s1. The monoisotopic (exact) mass is 473 g/mol. The second-order valence-corrected chi connectivity index (χ2v) is 8.33. The third kappa shape index (κ3) is 4.21. The summed E-state index contributed by atoms with van der Waals surface area (Å²) < 4.78 is 5.68. The molecule has 0 radical (unpaired) electrons. The van der Waals surface area contributed by atoms with Crippen LogP contribution in [0, 0.1) is 20.2 Å². The van der Waals surface area contributed by atoms with Gasteiger partial charge in [-0.3, -0.25) is 20.2 Å². The van der Waals surface area contributed by atoms with E-state index in [1.165, 1.54) is 12.1 Å². The summed E-state index contributed by atoms with van der Waals surface area (Å²) in [6.45, 7) is 0. The van der Waals surface area contributed by atoms with Gasteiger partial charge in [-0.2, -0.15) is 0 Å². The van der Waals surface area contributed by atoms with Crippen LogP contribution >= 0.6 is 0 Å². The van der Waals surface area contributed by atoms with Crippen molar-refractivity contribution in [1.29, 1.82) is 0 Å². The van der Waals surface area contributed by atoms with E-state index < -0.39 is 21.7 Å². The zero-order valence-corrected chi connectivity index (χ0v) is 18.4. The number of carbonyl (C=O) groups is 1. The van der Waals surface area contributed by atoms with Crippen LogP contribution in [-0.4, -0.2) is 21.5 Å². The molecule has 5 rings (SSSR count). The van der Waals surface area contributed by atoms with E-state index in [0.29, 0.717) is 29.7 Å². The van der Waals surface area contributed by atoms with Crippen LogP contribution in [0.2, 0.25) is 0 Å². The molecule has 1 heterocycles. The highest BCUT2D eigenvalue weighted by Gasteiger charge is 2.31. The van der Waals surface area contributed by atoms with Crippen LogP contribution in [0.15, 0.2) is 70.2 Å². The highest BCUT2D eigenvalue weighted by Crippen LogP contribution is 2.38. The Morgan fingerprint density at radius 2 is 1.80 bits per heavy atom. The second-order valence-electron chi connectivity index (χ2n) is 8.33. The molecule has 1 saturated carbocycles.